The predicted molar refractivity (Wildman–Crippen MR) is 94.8 cm³/mol. The molecule has 126 valence electrons. The lowest BCUT2D eigenvalue weighted by molar-refractivity contribution is -0.133. The highest BCUT2D eigenvalue weighted by molar-refractivity contribution is 7.16. The van der Waals surface area contributed by atoms with Gasteiger partial charge in [0.15, 0.2) is 0 Å². The monoisotopic (exact) mass is 354 g/mol. The van der Waals surface area contributed by atoms with Gasteiger partial charge in [0.05, 0.1) is 4.34 Å². The van der Waals surface area contributed by atoms with Gasteiger partial charge in [0.25, 0.3) is 0 Å². The topological polar surface area (TPSA) is 49.4 Å². The highest BCUT2D eigenvalue weighted by Crippen LogP contribution is 2.27. The number of hydrogen-bond donors (Lipinski definition) is 1. The minimum absolute atomic E-state index is 0.138. The third-order valence-electron chi connectivity index (χ3n) is 4.54. The number of aryl methyl sites for hydroxylation is 1. The van der Waals surface area contributed by atoms with Crippen molar-refractivity contribution in [1.29, 1.82) is 0 Å². The van der Waals surface area contributed by atoms with Gasteiger partial charge in [0.1, 0.15) is 0 Å². The molecule has 1 aromatic rings. The van der Waals surface area contributed by atoms with Crippen molar-refractivity contribution in [3.63, 3.8) is 0 Å². The molecular formula is C17H23ClN2O2S. The fourth-order valence-corrected chi connectivity index (χ4v) is 4.02. The van der Waals surface area contributed by atoms with E-state index in [4.69, 9.17) is 11.6 Å². The van der Waals surface area contributed by atoms with Gasteiger partial charge in [-0.3, -0.25) is 9.59 Å². The largest absolute Gasteiger partial charge is 0.347 e. The quantitative estimate of drug-likeness (QED) is 0.796. The molecule has 0 spiro atoms. The molecule has 1 aliphatic heterocycles. The molecule has 4 nitrogen and oxygen atoms in total. The molecule has 1 fully saturated rings. The molecule has 2 heterocycles. The zero-order valence-corrected chi connectivity index (χ0v) is 15.0. The van der Waals surface area contributed by atoms with Crippen molar-refractivity contribution in [3.8, 4) is 0 Å². The molecule has 0 unspecified atom stereocenters. The van der Waals surface area contributed by atoms with Crippen LogP contribution in [0.15, 0.2) is 24.8 Å². The molecule has 2 amide bonds. The number of nitrogens with one attached hydrogen (secondary N) is 1. The first-order chi connectivity index (χ1) is 11.0. The summed E-state index contributed by atoms with van der Waals surface area (Å²) < 4.78 is 0.760. The average molecular weight is 355 g/mol. The number of amides is 2. The summed E-state index contributed by atoms with van der Waals surface area (Å²) in [4.78, 5) is 27.0. The third kappa shape index (κ3) is 4.82. The molecule has 0 aromatic carbocycles. The second-order valence-corrected chi connectivity index (χ2v) is 7.71. The van der Waals surface area contributed by atoms with Crippen LogP contribution in [0.25, 0.3) is 0 Å². The number of carbonyl (C=O) groups is 2. The number of nitrogens with zero attached hydrogens (tertiary/aromatic N) is 1. The standard InChI is InChI=1S/C17H23ClN2O2S/c1-3-15(21)19-17(4-2)9-11-20(12-10-17)16(22)8-6-13-5-7-14(18)23-13/h3,5,7H,1,4,6,8-12H2,2H3,(H,19,21). The van der Waals surface area contributed by atoms with Gasteiger partial charge in [0, 0.05) is 29.9 Å². The zero-order valence-electron chi connectivity index (χ0n) is 13.4. The van der Waals surface area contributed by atoms with E-state index in [1.165, 1.54) is 17.4 Å². The Morgan fingerprint density at radius 2 is 2.13 bits per heavy atom. The summed E-state index contributed by atoms with van der Waals surface area (Å²) in [5.74, 6) is 0.0375. The SMILES string of the molecule is C=CC(=O)NC1(CC)CCN(C(=O)CCc2ccc(Cl)s2)CC1. The number of thiophene rings is 1. The van der Waals surface area contributed by atoms with Crippen molar-refractivity contribution in [2.45, 2.75) is 44.6 Å². The molecule has 1 saturated heterocycles. The van der Waals surface area contributed by atoms with Gasteiger partial charge in [-0.05, 0) is 43.9 Å². The maximum atomic E-state index is 12.4. The first kappa shape index (κ1) is 18.0. The molecule has 23 heavy (non-hydrogen) atoms. The van der Waals surface area contributed by atoms with Crippen LogP contribution in [0.2, 0.25) is 4.34 Å². The second-order valence-electron chi connectivity index (χ2n) is 5.91. The Hall–Kier alpha value is -1.33. The zero-order chi connectivity index (χ0) is 16.9. The summed E-state index contributed by atoms with van der Waals surface area (Å²) in [6.07, 6.45) is 5.00. The van der Waals surface area contributed by atoms with Gasteiger partial charge in [-0.15, -0.1) is 11.3 Å². The lowest BCUT2D eigenvalue weighted by atomic mass is 9.84. The Morgan fingerprint density at radius 1 is 1.43 bits per heavy atom. The molecule has 1 N–H and O–H groups in total. The van der Waals surface area contributed by atoms with Crippen molar-refractivity contribution in [1.82, 2.24) is 10.2 Å². The fraction of sp³-hybridized carbons (Fsp3) is 0.529. The van der Waals surface area contributed by atoms with E-state index >= 15 is 0 Å². The Kier molecular flexibility index (Phi) is 6.25. The lowest BCUT2D eigenvalue weighted by Crippen LogP contribution is -2.55. The average Bonchev–Trinajstić information content (AvgIpc) is 2.98. The lowest BCUT2D eigenvalue weighted by Gasteiger charge is -2.41. The maximum absolute atomic E-state index is 12.4. The van der Waals surface area contributed by atoms with E-state index in [-0.39, 0.29) is 17.4 Å². The molecule has 0 aliphatic carbocycles. The number of rotatable bonds is 6. The normalized spacial score (nSPS) is 16.9. The first-order valence-electron chi connectivity index (χ1n) is 7.94. The highest BCUT2D eigenvalue weighted by atomic mass is 35.5. The van der Waals surface area contributed by atoms with Gasteiger partial charge >= 0.3 is 0 Å². The van der Waals surface area contributed by atoms with E-state index in [9.17, 15) is 9.59 Å². The molecule has 1 aliphatic rings. The van der Waals surface area contributed by atoms with Crippen LogP contribution in [0.1, 0.15) is 37.5 Å². The highest BCUT2D eigenvalue weighted by Gasteiger charge is 2.35. The molecular weight excluding hydrogens is 332 g/mol. The van der Waals surface area contributed by atoms with Crippen molar-refractivity contribution < 1.29 is 9.59 Å². The number of hydrogen-bond acceptors (Lipinski definition) is 3. The summed E-state index contributed by atoms with van der Waals surface area (Å²) in [6, 6.07) is 3.84. The van der Waals surface area contributed by atoms with E-state index in [2.05, 4.69) is 18.8 Å². The molecule has 1 aromatic heterocycles. The molecule has 6 heteroatoms. The summed E-state index contributed by atoms with van der Waals surface area (Å²) in [5.41, 5.74) is -0.205. The van der Waals surface area contributed by atoms with Crippen molar-refractivity contribution in [3.05, 3.63) is 34.0 Å². The Labute approximate surface area is 146 Å². The van der Waals surface area contributed by atoms with E-state index in [1.807, 2.05) is 17.0 Å². The number of likely N-dealkylation sites (tertiary alicyclic amines) is 1. The van der Waals surface area contributed by atoms with Crippen molar-refractivity contribution in [2.24, 2.45) is 0 Å². The second kappa shape index (κ2) is 7.97. The van der Waals surface area contributed by atoms with Crippen LogP contribution < -0.4 is 5.32 Å². The van der Waals surface area contributed by atoms with Crippen LogP contribution in [-0.4, -0.2) is 35.3 Å². The minimum Gasteiger partial charge on any atom is -0.347 e. The maximum Gasteiger partial charge on any atom is 0.243 e. The number of carbonyl (C=O) groups excluding carboxylic acids is 2. The predicted octanol–water partition coefficient (Wildman–Crippen LogP) is 3.41. The molecule has 0 bridgehead atoms. The first-order valence-corrected chi connectivity index (χ1v) is 9.14. The van der Waals surface area contributed by atoms with Crippen LogP contribution in [0, 0.1) is 0 Å². The molecule has 0 atom stereocenters. The third-order valence-corrected chi connectivity index (χ3v) is 5.83. The van der Waals surface area contributed by atoms with Gasteiger partial charge in [-0.25, -0.2) is 0 Å². The number of halogens is 1. The summed E-state index contributed by atoms with van der Waals surface area (Å²) >= 11 is 7.43. The van der Waals surface area contributed by atoms with E-state index in [1.54, 1.807) is 0 Å². The summed E-state index contributed by atoms with van der Waals surface area (Å²) in [7, 11) is 0. The van der Waals surface area contributed by atoms with Crippen LogP contribution in [0.4, 0.5) is 0 Å². The van der Waals surface area contributed by atoms with Gasteiger partial charge in [0.2, 0.25) is 11.8 Å². The van der Waals surface area contributed by atoms with Crippen molar-refractivity contribution >= 4 is 34.8 Å². The Balaban J connectivity index is 1.83. The van der Waals surface area contributed by atoms with Crippen LogP contribution >= 0.6 is 22.9 Å². The Morgan fingerprint density at radius 3 is 2.65 bits per heavy atom. The van der Waals surface area contributed by atoms with Gasteiger partial charge in [-0.2, -0.15) is 0 Å². The molecule has 0 radical (unpaired) electrons. The van der Waals surface area contributed by atoms with E-state index in [0.717, 1.165) is 34.9 Å². The van der Waals surface area contributed by atoms with E-state index in [0.29, 0.717) is 19.5 Å². The van der Waals surface area contributed by atoms with Crippen LogP contribution in [0.5, 0.6) is 0 Å². The van der Waals surface area contributed by atoms with Gasteiger partial charge < -0.3 is 10.2 Å². The van der Waals surface area contributed by atoms with Crippen LogP contribution in [-0.2, 0) is 16.0 Å². The van der Waals surface area contributed by atoms with Gasteiger partial charge in [-0.1, -0.05) is 25.1 Å². The molecule has 2 rings (SSSR count). The fourth-order valence-electron chi connectivity index (χ4n) is 2.94. The van der Waals surface area contributed by atoms with Crippen molar-refractivity contribution in [2.75, 3.05) is 13.1 Å². The Bertz CT molecular complexity index is 577. The summed E-state index contributed by atoms with van der Waals surface area (Å²) in [6.45, 7) is 6.95. The molecule has 0 saturated carbocycles. The van der Waals surface area contributed by atoms with E-state index < -0.39 is 0 Å². The smallest absolute Gasteiger partial charge is 0.243 e. The minimum atomic E-state index is -0.205. The number of piperidine rings is 1. The van der Waals surface area contributed by atoms with Crippen LogP contribution in [0.3, 0.4) is 0 Å². The summed E-state index contributed by atoms with van der Waals surface area (Å²) in [5, 5.41) is 3.04.